The molecule has 180 valence electrons. The molecule has 0 aliphatic heterocycles. The number of benzene rings is 2. The Labute approximate surface area is 201 Å². The highest BCUT2D eigenvalue weighted by molar-refractivity contribution is 8.00. The molecule has 2 aromatic carbocycles. The van der Waals surface area contributed by atoms with Crippen LogP contribution in [0.25, 0.3) is 0 Å². The molecule has 0 heterocycles. The number of rotatable bonds is 14. The van der Waals surface area contributed by atoms with E-state index in [2.05, 4.69) is 0 Å². The first-order valence-corrected chi connectivity index (χ1v) is 12.4. The second-order valence-corrected chi connectivity index (χ2v) is 8.59. The van der Waals surface area contributed by atoms with Gasteiger partial charge in [0, 0.05) is 16.2 Å². The molecular formula is C23H28O8S2. The Hall–Kier alpha value is -2.72. The van der Waals surface area contributed by atoms with E-state index in [1.54, 1.807) is 24.3 Å². The van der Waals surface area contributed by atoms with Gasteiger partial charge >= 0.3 is 11.9 Å². The van der Waals surface area contributed by atoms with Crippen LogP contribution in [0.2, 0.25) is 0 Å². The summed E-state index contributed by atoms with van der Waals surface area (Å²) in [6, 6.07) is 9.77. The van der Waals surface area contributed by atoms with Crippen LogP contribution >= 0.6 is 23.5 Å². The van der Waals surface area contributed by atoms with Gasteiger partial charge in [0.2, 0.25) is 0 Å². The molecule has 0 aliphatic rings. The van der Waals surface area contributed by atoms with Crippen molar-refractivity contribution in [3.63, 3.8) is 0 Å². The van der Waals surface area contributed by atoms with E-state index >= 15 is 0 Å². The van der Waals surface area contributed by atoms with Crippen molar-refractivity contribution in [2.75, 3.05) is 37.9 Å². The van der Waals surface area contributed by atoms with Crippen LogP contribution in [0.3, 0.4) is 0 Å². The Morgan fingerprint density at radius 3 is 1.58 bits per heavy atom. The fourth-order valence-electron chi connectivity index (χ4n) is 2.51. The van der Waals surface area contributed by atoms with Gasteiger partial charge in [-0.15, -0.1) is 23.5 Å². The number of esters is 2. The molecule has 33 heavy (non-hydrogen) atoms. The number of hydrogen-bond acceptors (Lipinski definition) is 10. The third-order valence-electron chi connectivity index (χ3n) is 3.99. The predicted octanol–water partition coefficient (Wildman–Crippen LogP) is 4.26. The second-order valence-electron chi connectivity index (χ2n) is 6.50. The van der Waals surface area contributed by atoms with E-state index < -0.39 is 0 Å². The Kier molecular flexibility index (Phi) is 11.6. The number of hydrogen-bond donors (Lipinski definition) is 2. The average Bonchev–Trinajstić information content (AvgIpc) is 2.80. The van der Waals surface area contributed by atoms with Crippen LogP contribution < -0.4 is 9.47 Å². The fourth-order valence-corrected chi connectivity index (χ4v) is 3.95. The molecule has 0 atom stereocenters. The highest BCUT2D eigenvalue weighted by Crippen LogP contribution is 2.32. The van der Waals surface area contributed by atoms with Gasteiger partial charge < -0.3 is 29.2 Å². The number of aromatic hydroxyl groups is 2. The van der Waals surface area contributed by atoms with Crippen LogP contribution in [0.15, 0.2) is 46.2 Å². The van der Waals surface area contributed by atoms with E-state index in [0.29, 0.717) is 31.1 Å². The number of ether oxygens (including phenoxy) is 4. The van der Waals surface area contributed by atoms with Crippen molar-refractivity contribution >= 4 is 35.5 Å². The molecule has 2 rings (SSSR count). The fraction of sp³-hybridized carbons (Fsp3) is 0.391. The van der Waals surface area contributed by atoms with E-state index in [1.807, 2.05) is 13.8 Å². The first-order valence-electron chi connectivity index (χ1n) is 10.4. The molecule has 0 saturated carbocycles. The summed E-state index contributed by atoms with van der Waals surface area (Å²) in [5, 5.41) is 19.4. The van der Waals surface area contributed by atoms with Gasteiger partial charge in [0.05, 0.1) is 37.9 Å². The van der Waals surface area contributed by atoms with E-state index in [9.17, 15) is 19.8 Å². The molecule has 0 radical (unpaired) electrons. The molecule has 0 aliphatic carbocycles. The molecule has 2 aromatic rings. The normalized spacial score (nSPS) is 10.5. The Morgan fingerprint density at radius 2 is 1.18 bits per heavy atom. The van der Waals surface area contributed by atoms with Crippen LogP contribution in [0.5, 0.6) is 23.0 Å². The third kappa shape index (κ3) is 9.75. The van der Waals surface area contributed by atoms with Gasteiger partial charge in [-0.25, -0.2) is 0 Å². The Bertz CT molecular complexity index is 846. The van der Waals surface area contributed by atoms with Crippen LogP contribution in [-0.2, 0) is 19.1 Å². The van der Waals surface area contributed by atoms with Gasteiger partial charge in [0.1, 0.15) is 0 Å². The van der Waals surface area contributed by atoms with E-state index in [0.717, 1.165) is 9.79 Å². The lowest BCUT2D eigenvalue weighted by atomic mass is 10.3. The van der Waals surface area contributed by atoms with Gasteiger partial charge in [0.25, 0.3) is 0 Å². The second kappa shape index (κ2) is 14.4. The predicted molar refractivity (Wildman–Crippen MR) is 127 cm³/mol. The quantitative estimate of drug-likeness (QED) is 0.224. The summed E-state index contributed by atoms with van der Waals surface area (Å²) in [5.41, 5.74) is 0. The van der Waals surface area contributed by atoms with E-state index in [-0.39, 0.29) is 48.2 Å². The molecular weight excluding hydrogens is 468 g/mol. The van der Waals surface area contributed by atoms with Crippen LogP contribution in [-0.4, -0.2) is 60.1 Å². The zero-order valence-corrected chi connectivity index (χ0v) is 20.2. The lowest BCUT2D eigenvalue weighted by Crippen LogP contribution is -2.13. The molecule has 0 amide bonds. The van der Waals surface area contributed by atoms with Crippen molar-refractivity contribution in [3.05, 3.63) is 36.4 Å². The molecule has 0 fully saturated rings. The highest BCUT2D eigenvalue weighted by Gasteiger charge is 2.10. The lowest BCUT2D eigenvalue weighted by molar-refractivity contribution is -0.142. The van der Waals surface area contributed by atoms with Crippen LogP contribution in [0.4, 0.5) is 0 Å². The molecule has 0 unspecified atom stereocenters. The van der Waals surface area contributed by atoms with Crippen LogP contribution in [0, 0.1) is 0 Å². The maximum absolute atomic E-state index is 11.9. The van der Waals surface area contributed by atoms with Crippen molar-refractivity contribution in [1.82, 2.24) is 0 Å². The molecule has 0 bridgehead atoms. The van der Waals surface area contributed by atoms with Crippen molar-refractivity contribution in [2.24, 2.45) is 0 Å². The van der Waals surface area contributed by atoms with Gasteiger partial charge in [-0.2, -0.15) is 0 Å². The Balaban J connectivity index is 1.59. The number of phenolic OH excluding ortho intramolecular Hbond substituents is 2. The number of carbonyl (C=O) groups excluding carboxylic acids is 2. The van der Waals surface area contributed by atoms with Gasteiger partial charge in [0.15, 0.2) is 23.0 Å². The van der Waals surface area contributed by atoms with Crippen molar-refractivity contribution in [1.29, 1.82) is 0 Å². The summed E-state index contributed by atoms with van der Waals surface area (Å²) < 4.78 is 20.9. The summed E-state index contributed by atoms with van der Waals surface area (Å²) in [5.74, 6) is 0.305. The highest BCUT2D eigenvalue weighted by atomic mass is 32.2. The van der Waals surface area contributed by atoms with Crippen molar-refractivity contribution in [2.45, 2.75) is 30.1 Å². The number of thioether (sulfide) groups is 2. The van der Waals surface area contributed by atoms with Crippen molar-refractivity contribution < 1.29 is 38.7 Å². The summed E-state index contributed by atoms with van der Waals surface area (Å²) in [6.45, 7) is 4.80. The van der Waals surface area contributed by atoms with Crippen molar-refractivity contribution in [3.8, 4) is 23.0 Å². The standard InChI is InChI=1S/C23H28O8S2/c1-3-28-20-12-16(6-8-18(20)24)32-14-22(26)30-10-5-11-31-23(27)15-33-17-7-9-19(25)21(13-17)29-4-2/h6-9,12-13,24-25H,3-5,10-11,14-15H2,1-2H3. The number of carbonyl (C=O) groups is 2. The smallest absolute Gasteiger partial charge is 0.316 e. The van der Waals surface area contributed by atoms with Gasteiger partial charge in [-0.05, 0) is 50.2 Å². The SMILES string of the molecule is CCOc1cc(SCC(=O)OCCCOC(=O)CSc2ccc(O)c(OCC)c2)ccc1O. The molecule has 0 spiro atoms. The summed E-state index contributed by atoms with van der Waals surface area (Å²) >= 11 is 2.55. The summed E-state index contributed by atoms with van der Waals surface area (Å²) in [4.78, 5) is 25.3. The lowest BCUT2D eigenvalue weighted by Gasteiger charge is -2.09. The van der Waals surface area contributed by atoms with E-state index in [4.69, 9.17) is 18.9 Å². The molecule has 0 saturated heterocycles. The first-order chi connectivity index (χ1) is 15.9. The molecule has 8 nitrogen and oxygen atoms in total. The van der Waals surface area contributed by atoms with Gasteiger partial charge in [-0.1, -0.05) is 0 Å². The molecule has 2 N–H and O–H groups in total. The van der Waals surface area contributed by atoms with E-state index in [1.165, 1.54) is 35.7 Å². The third-order valence-corrected chi connectivity index (χ3v) is 5.92. The summed E-state index contributed by atoms with van der Waals surface area (Å²) in [6.07, 6.45) is 0.397. The largest absolute Gasteiger partial charge is 0.504 e. The molecule has 10 heteroatoms. The van der Waals surface area contributed by atoms with Crippen LogP contribution in [0.1, 0.15) is 20.3 Å². The minimum atomic E-state index is -0.384. The minimum absolute atomic E-state index is 0.0510. The molecule has 0 aromatic heterocycles. The number of phenols is 2. The summed E-state index contributed by atoms with van der Waals surface area (Å²) in [7, 11) is 0. The maximum atomic E-state index is 11.9. The zero-order chi connectivity index (χ0) is 24.1. The average molecular weight is 497 g/mol. The van der Waals surface area contributed by atoms with Gasteiger partial charge in [-0.3, -0.25) is 9.59 Å². The zero-order valence-electron chi connectivity index (χ0n) is 18.6. The Morgan fingerprint density at radius 1 is 0.758 bits per heavy atom. The topological polar surface area (TPSA) is 112 Å². The maximum Gasteiger partial charge on any atom is 0.316 e. The first kappa shape index (κ1) is 26.5. The monoisotopic (exact) mass is 496 g/mol. The minimum Gasteiger partial charge on any atom is -0.504 e.